The van der Waals surface area contributed by atoms with Gasteiger partial charge in [0.25, 0.3) is 5.91 Å². The summed E-state index contributed by atoms with van der Waals surface area (Å²) in [6.45, 7) is 4.15. The van der Waals surface area contributed by atoms with Crippen LogP contribution in [0.2, 0.25) is 0 Å². The maximum absolute atomic E-state index is 13.9. The van der Waals surface area contributed by atoms with Crippen LogP contribution >= 0.6 is 0 Å². The number of likely N-dealkylation sites (tertiary alicyclic amines) is 1. The minimum atomic E-state index is -0.920. The molecular formula is C29H35N3O5. The van der Waals surface area contributed by atoms with Gasteiger partial charge in [0.1, 0.15) is 11.8 Å². The molecule has 5 rings (SSSR count). The summed E-state index contributed by atoms with van der Waals surface area (Å²) >= 11 is 0. The van der Waals surface area contributed by atoms with E-state index in [9.17, 15) is 14.4 Å². The number of carbonyl (C=O) groups is 3. The Balaban J connectivity index is 1.32. The van der Waals surface area contributed by atoms with Crippen LogP contribution in [0.3, 0.4) is 0 Å². The zero-order valence-corrected chi connectivity index (χ0v) is 21.4. The first-order chi connectivity index (χ1) is 17.9. The predicted molar refractivity (Wildman–Crippen MR) is 138 cm³/mol. The van der Waals surface area contributed by atoms with E-state index in [1.165, 1.54) is 0 Å². The summed E-state index contributed by atoms with van der Waals surface area (Å²) in [6.07, 6.45) is 3.19. The van der Waals surface area contributed by atoms with Gasteiger partial charge in [0.05, 0.1) is 19.1 Å². The number of amides is 3. The van der Waals surface area contributed by atoms with Gasteiger partial charge in [-0.2, -0.15) is 0 Å². The lowest BCUT2D eigenvalue weighted by molar-refractivity contribution is -0.143. The second-order valence-electron chi connectivity index (χ2n) is 10.2. The number of benzene rings is 2. The Labute approximate surface area is 217 Å². The quantitative estimate of drug-likeness (QED) is 0.652. The lowest BCUT2D eigenvalue weighted by Gasteiger charge is -2.44. The van der Waals surface area contributed by atoms with E-state index in [0.29, 0.717) is 51.1 Å². The molecule has 0 saturated carbocycles. The zero-order chi connectivity index (χ0) is 25.8. The standard InChI is InChI=1S/C29H35N3O5/c1-21-7-5-10-23(17-21)28(35)32-25(27(34)30-19-24-11-6-16-36-24)20-37-29(32)12-14-31(15-13-29)26(33)18-22-8-3-2-4-9-22/h2-5,7-10,17,24-25H,6,11-16,18-20H2,1H3,(H,30,34)/t24-,25+/m1/s1. The molecule has 37 heavy (non-hydrogen) atoms. The largest absolute Gasteiger partial charge is 0.376 e. The van der Waals surface area contributed by atoms with Crippen molar-refractivity contribution in [2.75, 3.05) is 32.8 Å². The fraction of sp³-hybridized carbons (Fsp3) is 0.483. The van der Waals surface area contributed by atoms with Gasteiger partial charge in [-0.3, -0.25) is 19.3 Å². The third-order valence-corrected chi connectivity index (χ3v) is 7.67. The molecule has 3 amide bonds. The summed E-state index contributed by atoms with van der Waals surface area (Å²) in [6, 6.07) is 16.4. The van der Waals surface area contributed by atoms with E-state index in [0.717, 1.165) is 24.0 Å². The molecule has 3 heterocycles. The van der Waals surface area contributed by atoms with Gasteiger partial charge in [-0.25, -0.2) is 0 Å². The summed E-state index contributed by atoms with van der Waals surface area (Å²) in [5.41, 5.74) is 1.56. The van der Waals surface area contributed by atoms with E-state index in [2.05, 4.69) is 5.32 Å². The first-order valence-electron chi connectivity index (χ1n) is 13.2. The molecular weight excluding hydrogens is 470 g/mol. The van der Waals surface area contributed by atoms with Crippen molar-refractivity contribution >= 4 is 17.7 Å². The van der Waals surface area contributed by atoms with E-state index in [-0.39, 0.29) is 30.4 Å². The number of hydrogen-bond donors (Lipinski definition) is 1. The molecule has 3 saturated heterocycles. The number of hydrogen-bond acceptors (Lipinski definition) is 5. The van der Waals surface area contributed by atoms with Crippen molar-refractivity contribution in [2.45, 2.75) is 56.9 Å². The van der Waals surface area contributed by atoms with E-state index in [1.807, 2.05) is 60.4 Å². The Morgan fingerprint density at radius 1 is 1.05 bits per heavy atom. The minimum Gasteiger partial charge on any atom is -0.376 e. The Morgan fingerprint density at radius 2 is 1.84 bits per heavy atom. The van der Waals surface area contributed by atoms with Gasteiger partial charge >= 0.3 is 0 Å². The number of rotatable bonds is 6. The summed E-state index contributed by atoms with van der Waals surface area (Å²) < 4.78 is 11.9. The average molecular weight is 506 g/mol. The van der Waals surface area contributed by atoms with Crippen molar-refractivity contribution in [1.29, 1.82) is 0 Å². The highest BCUT2D eigenvalue weighted by Crippen LogP contribution is 2.38. The summed E-state index contributed by atoms with van der Waals surface area (Å²) in [7, 11) is 0. The molecule has 3 aliphatic rings. The Hall–Kier alpha value is -3.23. The fourth-order valence-corrected chi connectivity index (χ4v) is 5.61. The van der Waals surface area contributed by atoms with Crippen LogP contribution in [-0.4, -0.2) is 78.2 Å². The summed E-state index contributed by atoms with van der Waals surface area (Å²) in [4.78, 5) is 43.6. The van der Waals surface area contributed by atoms with Crippen LogP contribution in [0.5, 0.6) is 0 Å². The predicted octanol–water partition coefficient (Wildman–Crippen LogP) is 2.69. The van der Waals surface area contributed by atoms with Crippen molar-refractivity contribution in [3.63, 3.8) is 0 Å². The second kappa shape index (κ2) is 11.0. The number of nitrogens with one attached hydrogen (secondary N) is 1. The van der Waals surface area contributed by atoms with Gasteiger partial charge in [-0.1, -0.05) is 48.0 Å². The first-order valence-corrected chi connectivity index (χ1v) is 13.2. The maximum atomic E-state index is 13.9. The highest BCUT2D eigenvalue weighted by atomic mass is 16.5. The number of carbonyl (C=O) groups excluding carboxylic acids is 3. The Bertz CT molecular complexity index is 1120. The van der Waals surface area contributed by atoms with Crippen molar-refractivity contribution < 1.29 is 23.9 Å². The Morgan fingerprint density at radius 3 is 2.54 bits per heavy atom. The van der Waals surface area contributed by atoms with Crippen LogP contribution in [-0.2, 0) is 25.5 Å². The third kappa shape index (κ3) is 5.55. The highest BCUT2D eigenvalue weighted by Gasteiger charge is 2.54. The monoisotopic (exact) mass is 505 g/mol. The normalized spacial score (nSPS) is 22.8. The molecule has 2 aromatic carbocycles. The molecule has 1 N–H and O–H groups in total. The first kappa shape index (κ1) is 25.4. The van der Waals surface area contributed by atoms with Gasteiger partial charge in [-0.15, -0.1) is 0 Å². The van der Waals surface area contributed by atoms with E-state index < -0.39 is 11.8 Å². The highest BCUT2D eigenvalue weighted by molar-refractivity contribution is 5.98. The van der Waals surface area contributed by atoms with Gasteiger partial charge in [0.15, 0.2) is 0 Å². The third-order valence-electron chi connectivity index (χ3n) is 7.67. The van der Waals surface area contributed by atoms with Crippen LogP contribution in [0, 0.1) is 6.92 Å². The number of nitrogens with zero attached hydrogens (tertiary/aromatic N) is 2. The molecule has 1 spiro atoms. The van der Waals surface area contributed by atoms with E-state index >= 15 is 0 Å². The zero-order valence-electron chi connectivity index (χ0n) is 21.4. The van der Waals surface area contributed by atoms with Gasteiger partial charge in [0.2, 0.25) is 11.8 Å². The lowest BCUT2D eigenvalue weighted by Crippen LogP contribution is -2.60. The van der Waals surface area contributed by atoms with Crippen molar-refractivity contribution in [3.05, 3.63) is 71.3 Å². The van der Waals surface area contributed by atoms with Crippen LogP contribution in [0.25, 0.3) is 0 Å². The topological polar surface area (TPSA) is 88.2 Å². The Kier molecular flexibility index (Phi) is 7.58. The molecule has 0 aliphatic carbocycles. The molecule has 8 nitrogen and oxygen atoms in total. The summed E-state index contributed by atoms with van der Waals surface area (Å²) in [5.74, 6) is -0.389. The van der Waals surface area contributed by atoms with Gasteiger partial charge in [0, 0.05) is 44.6 Å². The van der Waals surface area contributed by atoms with E-state index in [1.54, 1.807) is 11.0 Å². The molecule has 8 heteroatoms. The molecule has 196 valence electrons. The van der Waals surface area contributed by atoms with Crippen molar-refractivity contribution in [3.8, 4) is 0 Å². The van der Waals surface area contributed by atoms with Gasteiger partial charge in [-0.05, 0) is 37.5 Å². The van der Waals surface area contributed by atoms with Crippen molar-refractivity contribution in [1.82, 2.24) is 15.1 Å². The molecule has 3 aliphatic heterocycles. The minimum absolute atomic E-state index is 0.0139. The smallest absolute Gasteiger partial charge is 0.256 e. The van der Waals surface area contributed by atoms with Crippen LogP contribution in [0.1, 0.15) is 47.2 Å². The SMILES string of the molecule is Cc1cccc(C(=O)N2[C@H](C(=O)NC[C@H]3CCCO3)COC23CCN(C(=O)Cc2ccccc2)CC3)c1. The summed E-state index contributed by atoms with van der Waals surface area (Å²) in [5, 5.41) is 2.99. The molecule has 3 fully saturated rings. The van der Waals surface area contributed by atoms with Crippen LogP contribution in [0.15, 0.2) is 54.6 Å². The average Bonchev–Trinajstić information content (AvgIpc) is 3.56. The number of ether oxygens (including phenoxy) is 2. The lowest BCUT2D eigenvalue weighted by atomic mass is 9.96. The van der Waals surface area contributed by atoms with Crippen LogP contribution < -0.4 is 5.32 Å². The van der Waals surface area contributed by atoms with Crippen molar-refractivity contribution in [2.24, 2.45) is 0 Å². The molecule has 0 bridgehead atoms. The number of piperidine rings is 1. The van der Waals surface area contributed by atoms with E-state index in [4.69, 9.17) is 9.47 Å². The molecule has 0 unspecified atom stereocenters. The number of aryl methyl sites for hydroxylation is 1. The second-order valence-corrected chi connectivity index (χ2v) is 10.2. The van der Waals surface area contributed by atoms with Crippen LogP contribution in [0.4, 0.5) is 0 Å². The van der Waals surface area contributed by atoms with Gasteiger partial charge < -0.3 is 19.7 Å². The molecule has 2 aromatic rings. The maximum Gasteiger partial charge on any atom is 0.256 e. The molecule has 0 aromatic heterocycles. The molecule has 2 atom stereocenters. The molecule has 0 radical (unpaired) electrons. The fourth-order valence-electron chi connectivity index (χ4n) is 5.61.